The first-order valence-electron chi connectivity index (χ1n) is 8.07. The van der Waals surface area contributed by atoms with Crippen molar-refractivity contribution in [3.05, 3.63) is 65.0 Å². The van der Waals surface area contributed by atoms with Crippen LogP contribution in [0.3, 0.4) is 0 Å². The number of benzene rings is 1. The van der Waals surface area contributed by atoms with Gasteiger partial charge in [-0.15, -0.1) is 0 Å². The smallest absolute Gasteiger partial charge is 0.382 e. The SMILES string of the molecule is CC(C)(C)OC(=O)c1ccc(C(=O)ON2C(=O)c3ccccc3C2=O)nc1. The minimum atomic E-state index is -1.000. The van der Waals surface area contributed by atoms with Gasteiger partial charge < -0.3 is 9.57 Å². The predicted molar refractivity (Wildman–Crippen MR) is 91.8 cm³/mol. The standard InChI is InChI=1S/C19H16N2O6/c1-19(2,3)26-17(24)11-8-9-14(20-10-11)18(25)27-21-15(22)12-6-4-5-7-13(12)16(21)23/h4-10H,1-3H3. The van der Waals surface area contributed by atoms with E-state index in [4.69, 9.17) is 9.57 Å². The molecule has 0 unspecified atom stereocenters. The van der Waals surface area contributed by atoms with E-state index in [2.05, 4.69) is 4.98 Å². The zero-order valence-electron chi connectivity index (χ0n) is 14.9. The number of hydrogen-bond donors (Lipinski definition) is 0. The molecule has 2 aromatic rings. The zero-order chi connectivity index (χ0) is 19.8. The molecule has 0 spiro atoms. The average molecular weight is 368 g/mol. The average Bonchev–Trinajstić information content (AvgIpc) is 2.86. The lowest BCUT2D eigenvalue weighted by Gasteiger charge is -2.19. The van der Waals surface area contributed by atoms with E-state index in [1.807, 2.05) is 0 Å². The van der Waals surface area contributed by atoms with E-state index >= 15 is 0 Å². The minimum Gasteiger partial charge on any atom is -0.456 e. The maximum Gasteiger partial charge on any atom is 0.382 e. The first-order valence-corrected chi connectivity index (χ1v) is 8.07. The quantitative estimate of drug-likeness (QED) is 0.605. The van der Waals surface area contributed by atoms with Crippen molar-refractivity contribution in [2.45, 2.75) is 26.4 Å². The molecule has 27 heavy (non-hydrogen) atoms. The number of nitrogens with zero attached hydrogens (tertiary/aromatic N) is 2. The van der Waals surface area contributed by atoms with Crippen molar-refractivity contribution in [1.82, 2.24) is 10.0 Å². The number of rotatable bonds is 3. The van der Waals surface area contributed by atoms with Crippen molar-refractivity contribution in [2.75, 3.05) is 0 Å². The molecule has 0 N–H and O–H groups in total. The molecule has 0 atom stereocenters. The molecule has 8 nitrogen and oxygen atoms in total. The molecule has 1 aromatic carbocycles. The lowest BCUT2D eigenvalue weighted by Crippen LogP contribution is -2.33. The second-order valence-corrected chi connectivity index (χ2v) is 6.76. The summed E-state index contributed by atoms with van der Waals surface area (Å²) >= 11 is 0. The van der Waals surface area contributed by atoms with Crippen molar-refractivity contribution in [2.24, 2.45) is 0 Å². The van der Waals surface area contributed by atoms with E-state index in [0.29, 0.717) is 5.06 Å². The molecule has 0 radical (unpaired) electrons. The predicted octanol–water partition coefficient (Wildman–Crippen LogP) is 2.40. The summed E-state index contributed by atoms with van der Waals surface area (Å²) in [4.78, 5) is 57.3. The molecule has 8 heteroatoms. The third-order valence-corrected chi connectivity index (χ3v) is 3.54. The molecule has 2 heterocycles. The van der Waals surface area contributed by atoms with Crippen molar-refractivity contribution in [3.63, 3.8) is 0 Å². The number of aromatic nitrogens is 1. The Morgan fingerprint density at radius 3 is 2.00 bits per heavy atom. The largest absolute Gasteiger partial charge is 0.456 e. The van der Waals surface area contributed by atoms with Crippen molar-refractivity contribution in [3.8, 4) is 0 Å². The topological polar surface area (TPSA) is 103 Å². The lowest BCUT2D eigenvalue weighted by molar-refractivity contribution is -0.0588. The van der Waals surface area contributed by atoms with Crippen LogP contribution in [0.25, 0.3) is 0 Å². The number of ether oxygens (including phenoxy) is 1. The van der Waals surface area contributed by atoms with E-state index in [1.54, 1.807) is 32.9 Å². The van der Waals surface area contributed by atoms with E-state index in [9.17, 15) is 19.2 Å². The summed E-state index contributed by atoms with van der Waals surface area (Å²) < 4.78 is 5.20. The fourth-order valence-corrected chi connectivity index (χ4v) is 2.35. The zero-order valence-corrected chi connectivity index (χ0v) is 14.9. The van der Waals surface area contributed by atoms with Gasteiger partial charge in [-0.25, -0.2) is 14.6 Å². The fourth-order valence-electron chi connectivity index (χ4n) is 2.35. The van der Waals surface area contributed by atoms with Crippen LogP contribution in [0, 0.1) is 0 Å². The van der Waals surface area contributed by atoms with Crippen LogP contribution in [0.1, 0.15) is 62.3 Å². The maximum atomic E-state index is 12.2. The molecule has 0 saturated heterocycles. The summed E-state index contributed by atoms with van der Waals surface area (Å²) in [5.41, 5.74) is -0.367. The van der Waals surface area contributed by atoms with E-state index in [1.165, 1.54) is 24.3 Å². The highest BCUT2D eigenvalue weighted by molar-refractivity contribution is 6.21. The Morgan fingerprint density at radius 1 is 0.926 bits per heavy atom. The molecule has 0 fully saturated rings. The number of carbonyl (C=O) groups is 4. The molecule has 2 amide bonds. The van der Waals surface area contributed by atoms with Crippen LogP contribution in [-0.4, -0.2) is 39.4 Å². The third kappa shape index (κ3) is 3.69. The second kappa shape index (κ2) is 6.64. The Hall–Kier alpha value is -3.55. The molecular weight excluding hydrogens is 352 g/mol. The molecule has 0 saturated carbocycles. The molecule has 1 aliphatic heterocycles. The Labute approximate surface area is 154 Å². The summed E-state index contributed by atoms with van der Waals surface area (Å²) in [6.45, 7) is 5.18. The number of imide groups is 1. The number of hydroxylamine groups is 2. The Morgan fingerprint density at radius 2 is 1.52 bits per heavy atom. The number of esters is 1. The highest BCUT2D eigenvalue weighted by Gasteiger charge is 2.39. The molecule has 1 aliphatic rings. The second-order valence-electron chi connectivity index (χ2n) is 6.76. The van der Waals surface area contributed by atoms with Gasteiger partial charge in [0, 0.05) is 6.20 Å². The van der Waals surface area contributed by atoms with Gasteiger partial charge >= 0.3 is 11.9 Å². The molecule has 138 valence electrons. The number of hydrogen-bond acceptors (Lipinski definition) is 7. The van der Waals surface area contributed by atoms with Crippen LogP contribution in [0.15, 0.2) is 42.6 Å². The monoisotopic (exact) mass is 368 g/mol. The van der Waals surface area contributed by atoms with Crippen LogP contribution >= 0.6 is 0 Å². The summed E-state index contributed by atoms with van der Waals surface area (Å²) in [5.74, 6) is -3.04. The lowest BCUT2D eigenvalue weighted by atomic mass is 10.1. The maximum absolute atomic E-state index is 12.2. The van der Waals surface area contributed by atoms with Crippen LogP contribution in [0.4, 0.5) is 0 Å². The van der Waals surface area contributed by atoms with E-state index in [-0.39, 0.29) is 22.4 Å². The molecule has 1 aromatic heterocycles. The highest BCUT2D eigenvalue weighted by Crippen LogP contribution is 2.23. The van der Waals surface area contributed by atoms with Gasteiger partial charge in [0.1, 0.15) is 5.60 Å². The number of amides is 2. The van der Waals surface area contributed by atoms with Gasteiger partial charge in [-0.05, 0) is 45.0 Å². The van der Waals surface area contributed by atoms with Gasteiger partial charge in [0.05, 0.1) is 16.7 Å². The summed E-state index contributed by atoms with van der Waals surface area (Å²) in [7, 11) is 0. The van der Waals surface area contributed by atoms with Gasteiger partial charge in [0.15, 0.2) is 5.69 Å². The van der Waals surface area contributed by atoms with Crippen LogP contribution in [0.2, 0.25) is 0 Å². The first-order chi connectivity index (χ1) is 12.7. The number of pyridine rings is 1. The normalized spacial score (nSPS) is 13.4. The molecule has 3 rings (SSSR count). The third-order valence-electron chi connectivity index (χ3n) is 3.54. The summed E-state index contributed by atoms with van der Waals surface area (Å²) in [5, 5.41) is 0.399. The number of fused-ring (bicyclic) bond motifs is 1. The minimum absolute atomic E-state index is 0.155. The fraction of sp³-hybridized carbons (Fsp3) is 0.211. The van der Waals surface area contributed by atoms with Gasteiger partial charge in [-0.1, -0.05) is 17.2 Å². The molecular formula is C19H16N2O6. The Kier molecular flexibility index (Phi) is 4.49. The van der Waals surface area contributed by atoms with Crippen LogP contribution in [0.5, 0.6) is 0 Å². The Bertz CT molecular complexity index is 908. The Balaban J connectivity index is 1.72. The van der Waals surface area contributed by atoms with E-state index < -0.39 is 29.4 Å². The van der Waals surface area contributed by atoms with Crippen LogP contribution in [-0.2, 0) is 9.57 Å². The number of carbonyl (C=O) groups excluding carboxylic acids is 4. The van der Waals surface area contributed by atoms with Crippen molar-refractivity contribution < 1.29 is 28.8 Å². The first kappa shape index (κ1) is 18.2. The summed E-state index contributed by atoms with van der Waals surface area (Å²) in [6, 6.07) is 8.74. The van der Waals surface area contributed by atoms with Gasteiger partial charge in [0.25, 0.3) is 11.8 Å². The summed E-state index contributed by atoms with van der Waals surface area (Å²) in [6.07, 6.45) is 1.16. The van der Waals surface area contributed by atoms with E-state index in [0.717, 1.165) is 6.20 Å². The van der Waals surface area contributed by atoms with Gasteiger partial charge in [-0.2, -0.15) is 0 Å². The molecule has 0 aliphatic carbocycles. The van der Waals surface area contributed by atoms with Crippen molar-refractivity contribution >= 4 is 23.8 Å². The molecule has 0 bridgehead atoms. The van der Waals surface area contributed by atoms with Crippen molar-refractivity contribution in [1.29, 1.82) is 0 Å². The van der Waals surface area contributed by atoms with Crippen LogP contribution < -0.4 is 0 Å². The van der Waals surface area contributed by atoms with Gasteiger partial charge in [-0.3, -0.25) is 9.59 Å². The van der Waals surface area contributed by atoms with Gasteiger partial charge in [0.2, 0.25) is 0 Å². The highest BCUT2D eigenvalue weighted by atomic mass is 16.7.